The topological polar surface area (TPSA) is 33.3 Å². The Hall–Kier alpha value is -0.320. The second-order valence-electron chi connectivity index (χ2n) is 7.73. The van der Waals surface area contributed by atoms with Gasteiger partial charge in [-0.3, -0.25) is 0 Å². The van der Waals surface area contributed by atoms with Gasteiger partial charge in [0.15, 0.2) is 0 Å². The van der Waals surface area contributed by atoms with Gasteiger partial charge >= 0.3 is 0 Å². The Morgan fingerprint density at radius 2 is 2.08 bits per heavy atom. The quantitative estimate of drug-likeness (QED) is 0.820. The second kappa shape index (κ2) is 7.92. The van der Waals surface area contributed by atoms with Crippen LogP contribution in [0.25, 0.3) is 0 Å². The van der Waals surface area contributed by atoms with Gasteiger partial charge in [-0.25, -0.2) is 0 Å². The molecule has 1 aromatic carbocycles. The molecule has 1 saturated heterocycles. The molecule has 2 aliphatic rings. The van der Waals surface area contributed by atoms with Gasteiger partial charge < -0.3 is 15.4 Å². The first-order valence-electron chi connectivity index (χ1n) is 8.97. The van der Waals surface area contributed by atoms with Gasteiger partial charge in [-0.2, -0.15) is 0 Å². The van der Waals surface area contributed by atoms with E-state index in [4.69, 9.17) is 27.9 Å². The first-order valence-corrected chi connectivity index (χ1v) is 9.73. The zero-order valence-electron chi connectivity index (χ0n) is 14.6. The second-order valence-corrected chi connectivity index (χ2v) is 8.54. The molecule has 1 aliphatic heterocycles. The molecule has 0 spiro atoms. The highest BCUT2D eigenvalue weighted by Crippen LogP contribution is 2.32. The van der Waals surface area contributed by atoms with Crippen LogP contribution in [0.4, 0.5) is 0 Å². The summed E-state index contributed by atoms with van der Waals surface area (Å²) >= 11 is 12.2. The van der Waals surface area contributed by atoms with Gasteiger partial charge in [0.1, 0.15) is 0 Å². The molecule has 3 unspecified atom stereocenters. The van der Waals surface area contributed by atoms with Crippen molar-refractivity contribution in [2.45, 2.75) is 50.6 Å². The molecule has 3 atom stereocenters. The molecule has 1 heterocycles. The molecule has 3 rings (SSSR count). The largest absolute Gasteiger partial charge is 0.379 e. The van der Waals surface area contributed by atoms with Crippen molar-refractivity contribution in [1.29, 1.82) is 0 Å². The van der Waals surface area contributed by atoms with E-state index in [2.05, 4.69) is 30.5 Å². The number of ether oxygens (including phenoxy) is 1. The lowest BCUT2D eigenvalue weighted by Gasteiger charge is -2.35. The maximum absolute atomic E-state index is 6.20. The molecule has 0 radical (unpaired) electrons. The van der Waals surface area contributed by atoms with Gasteiger partial charge in [0.2, 0.25) is 0 Å². The monoisotopic (exact) mass is 370 g/mol. The fourth-order valence-corrected chi connectivity index (χ4v) is 4.29. The fraction of sp³-hybridized carbons (Fsp3) is 0.684. The van der Waals surface area contributed by atoms with Crippen LogP contribution in [-0.4, -0.2) is 38.4 Å². The first-order chi connectivity index (χ1) is 11.5. The SMILES string of the molecule is CC(C)(CNC1CCCC1C1COCCN1)c1ccc(Cl)c(Cl)c1. The highest BCUT2D eigenvalue weighted by atomic mass is 35.5. The van der Waals surface area contributed by atoms with Gasteiger partial charge in [-0.15, -0.1) is 0 Å². The van der Waals surface area contributed by atoms with Crippen molar-refractivity contribution in [3.8, 4) is 0 Å². The predicted octanol–water partition coefficient (Wildman–Crippen LogP) is 4.02. The maximum Gasteiger partial charge on any atom is 0.0623 e. The molecule has 134 valence electrons. The molecular weight excluding hydrogens is 343 g/mol. The lowest BCUT2D eigenvalue weighted by molar-refractivity contribution is 0.0522. The minimum absolute atomic E-state index is 0.0118. The molecule has 2 fully saturated rings. The standard InChI is InChI=1S/C19H28Cl2N2O/c1-19(2,13-6-7-15(20)16(21)10-13)12-23-17-5-3-4-14(17)18-11-24-9-8-22-18/h6-7,10,14,17-18,22-23H,3-5,8-9,11-12H2,1-2H3. The van der Waals surface area contributed by atoms with Crippen LogP contribution in [0.3, 0.4) is 0 Å². The number of hydrogen-bond acceptors (Lipinski definition) is 3. The molecule has 1 aliphatic carbocycles. The van der Waals surface area contributed by atoms with Crippen molar-refractivity contribution in [1.82, 2.24) is 10.6 Å². The molecule has 0 bridgehead atoms. The summed E-state index contributed by atoms with van der Waals surface area (Å²) in [5.41, 5.74) is 1.23. The summed E-state index contributed by atoms with van der Waals surface area (Å²) in [5.74, 6) is 0.662. The molecular formula is C19H28Cl2N2O. The van der Waals surface area contributed by atoms with Crippen molar-refractivity contribution in [2.24, 2.45) is 5.92 Å². The zero-order valence-corrected chi connectivity index (χ0v) is 16.1. The van der Waals surface area contributed by atoms with Crippen LogP contribution in [-0.2, 0) is 10.2 Å². The highest BCUT2D eigenvalue weighted by Gasteiger charge is 2.35. The van der Waals surface area contributed by atoms with Crippen molar-refractivity contribution >= 4 is 23.2 Å². The molecule has 1 saturated carbocycles. The first kappa shape index (κ1) is 18.5. The molecule has 2 N–H and O–H groups in total. The van der Waals surface area contributed by atoms with Crippen LogP contribution in [0.15, 0.2) is 18.2 Å². The Balaban J connectivity index is 1.61. The van der Waals surface area contributed by atoms with Crippen molar-refractivity contribution in [3.63, 3.8) is 0 Å². The number of hydrogen-bond donors (Lipinski definition) is 2. The summed E-state index contributed by atoms with van der Waals surface area (Å²) in [6, 6.07) is 7.02. The van der Waals surface area contributed by atoms with Crippen LogP contribution in [0.5, 0.6) is 0 Å². The lowest BCUT2D eigenvalue weighted by Crippen LogP contribution is -2.52. The molecule has 24 heavy (non-hydrogen) atoms. The molecule has 1 aromatic rings. The molecule has 5 heteroatoms. The molecule has 0 amide bonds. The van der Waals surface area contributed by atoms with E-state index in [1.807, 2.05) is 12.1 Å². The Kier molecular flexibility index (Phi) is 6.10. The van der Waals surface area contributed by atoms with Crippen molar-refractivity contribution in [2.75, 3.05) is 26.3 Å². The number of nitrogens with one attached hydrogen (secondary N) is 2. The van der Waals surface area contributed by atoms with Gasteiger partial charge in [0.25, 0.3) is 0 Å². The summed E-state index contributed by atoms with van der Waals surface area (Å²) in [6.45, 7) is 8.10. The normalized spacial score (nSPS) is 28.2. The van der Waals surface area contributed by atoms with E-state index in [-0.39, 0.29) is 5.41 Å². The predicted molar refractivity (Wildman–Crippen MR) is 101 cm³/mol. The average molecular weight is 371 g/mol. The average Bonchev–Trinajstić information content (AvgIpc) is 3.05. The smallest absolute Gasteiger partial charge is 0.0623 e. The number of morpholine rings is 1. The third-order valence-electron chi connectivity index (χ3n) is 5.54. The van der Waals surface area contributed by atoms with Gasteiger partial charge in [0, 0.05) is 30.6 Å². The summed E-state index contributed by atoms with van der Waals surface area (Å²) in [6.07, 6.45) is 3.83. The highest BCUT2D eigenvalue weighted by molar-refractivity contribution is 6.42. The summed E-state index contributed by atoms with van der Waals surface area (Å²) < 4.78 is 5.66. The third kappa shape index (κ3) is 4.25. The summed E-state index contributed by atoms with van der Waals surface area (Å²) in [4.78, 5) is 0. The Labute approximate surface area is 155 Å². The van der Waals surface area contributed by atoms with E-state index < -0.39 is 0 Å². The number of benzene rings is 1. The van der Waals surface area contributed by atoms with Crippen molar-refractivity contribution < 1.29 is 4.74 Å². The number of rotatable bonds is 5. The zero-order chi connectivity index (χ0) is 17.2. The fourth-order valence-electron chi connectivity index (χ4n) is 3.99. The molecule has 3 nitrogen and oxygen atoms in total. The van der Waals surface area contributed by atoms with Gasteiger partial charge in [-0.05, 0) is 36.5 Å². The van der Waals surface area contributed by atoms with Crippen LogP contribution < -0.4 is 10.6 Å². The van der Waals surface area contributed by atoms with Gasteiger partial charge in [0.05, 0.1) is 23.3 Å². The van der Waals surface area contributed by atoms with E-state index in [0.717, 1.165) is 26.3 Å². The van der Waals surface area contributed by atoms with E-state index in [1.165, 1.54) is 24.8 Å². The van der Waals surface area contributed by atoms with E-state index in [1.54, 1.807) is 0 Å². The minimum Gasteiger partial charge on any atom is -0.379 e. The van der Waals surface area contributed by atoms with E-state index >= 15 is 0 Å². The Bertz CT molecular complexity index is 558. The van der Waals surface area contributed by atoms with Gasteiger partial charge in [-0.1, -0.05) is 49.5 Å². The Morgan fingerprint density at radius 1 is 1.25 bits per heavy atom. The van der Waals surface area contributed by atoms with E-state index in [9.17, 15) is 0 Å². The van der Waals surface area contributed by atoms with Crippen LogP contribution in [0.2, 0.25) is 10.0 Å². The molecule has 0 aromatic heterocycles. The van der Waals surface area contributed by atoms with E-state index in [0.29, 0.717) is 28.0 Å². The van der Waals surface area contributed by atoms with Crippen LogP contribution >= 0.6 is 23.2 Å². The van der Waals surface area contributed by atoms with Crippen LogP contribution in [0.1, 0.15) is 38.7 Å². The van der Waals surface area contributed by atoms with Crippen LogP contribution in [0, 0.1) is 5.92 Å². The Morgan fingerprint density at radius 3 is 2.79 bits per heavy atom. The minimum atomic E-state index is 0.0118. The summed E-state index contributed by atoms with van der Waals surface area (Å²) in [5, 5.41) is 8.71. The third-order valence-corrected chi connectivity index (χ3v) is 6.28. The summed E-state index contributed by atoms with van der Waals surface area (Å²) in [7, 11) is 0. The number of halogens is 2. The van der Waals surface area contributed by atoms with Crippen molar-refractivity contribution in [3.05, 3.63) is 33.8 Å². The maximum atomic E-state index is 6.20. The lowest BCUT2D eigenvalue weighted by atomic mass is 9.84.